The fourth-order valence-corrected chi connectivity index (χ4v) is 2.97. The van der Waals surface area contributed by atoms with Crippen molar-refractivity contribution in [3.63, 3.8) is 0 Å². The van der Waals surface area contributed by atoms with Crippen LogP contribution in [0.3, 0.4) is 0 Å². The molecule has 0 heterocycles. The smallest absolute Gasteiger partial charge is 0.241 e. The lowest BCUT2D eigenvalue weighted by Crippen LogP contribution is -2.32. The Morgan fingerprint density at radius 3 is 2.63 bits per heavy atom. The third kappa shape index (κ3) is 4.20. The van der Waals surface area contributed by atoms with Crippen molar-refractivity contribution >= 4 is 27.2 Å². The first-order valence-electron chi connectivity index (χ1n) is 5.48. The van der Waals surface area contributed by atoms with E-state index in [2.05, 4.69) is 4.72 Å². The minimum absolute atomic E-state index is 0.211. The van der Waals surface area contributed by atoms with Crippen LogP contribution in [0.15, 0.2) is 23.1 Å². The van der Waals surface area contributed by atoms with Crippen LogP contribution in [0.4, 0.5) is 4.39 Å². The molecule has 0 radical (unpaired) electrons. The Kier molecular flexibility index (Phi) is 5.36. The van der Waals surface area contributed by atoms with Crippen LogP contribution in [-0.4, -0.2) is 45.5 Å². The summed E-state index contributed by atoms with van der Waals surface area (Å²) in [6, 6.07) is 3.69. The molecule has 1 rings (SSSR count). The Bertz CT molecular complexity index is 573. The summed E-state index contributed by atoms with van der Waals surface area (Å²) in [5, 5.41) is 0. The van der Waals surface area contributed by atoms with Crippen molar-refractivity contribution < 1.29 is 12.8 Å². The van der Waals surface area contributed by atoms with E-state index in [9.17, 15) is 12.8 Å². The van der Waals surface area contributed by atoms with E-state index in [1.54, 1.807) is 0 Å². The second-order valence-corrected chi connectivity index (χ2v) is 6.35. The minimum atomic E-state index is -3.84. The van der Waals surface area contributed by atoms with Crippen molar-refractivity contribution in [2.75, 3.05) is 27.2 Å². The molecule has 106 valence electrons. The molecule has 1 aromatic carbocycles. The van der Waals surface area contributed by atoms with Crippen LogP contribution in [0.25, 0.3) is 0 Å². The van der Waals surface area contributed by atoms with Gasteiger partial charge in [-0.1, -0.05) is 18.3 Å². The maximum atomic E-state index is 13.6. The highest BCUT2D eigenvalue weighted by Crippen LogP contribution is 2.18. The van der Waals surface area contributed by atoms with Crippen molar-refractivity contribution in [2.45, 2.75) is 4.90 Å². The van der Waals surface area contributed by atoms with E-state index in [0.717, 1.165) is 6.07 Å². The third-order valence-electron chi connectivity index (χ3n) is 2.36. The number of nitrogens with one attached hydrogen (secondary N) is 1. The highest BCUT2D eigenvalue weighted by Gasteiger charge is 2.22. The Hall–Kier alpha value is -1.09. The number of sulfonamides is 1. The van der Waals surface area contributed by atoms with Gasteiger partial charge in [-0.25, -0.2) is 17.5 Å². The summed E-state index contributed by atoms with van der Waals surface area (Å²) in [6.07, 6.45) is 0. The Morgan fingerprint density at radius 2 is 2.11 bits per heavy atom. The molecule has 0 atom stereocenters. The standard InChI is InChI=1S/C11H16FN3O2S2/c1-15(2)7-6-14-19(16,17)9-5-3-4-8(12)10(9)11(13)18/h3-5,14H,6-7H2,1-2H3,(H2,13,18). The third-order valence-corrected chi connectivity index (χ3v) is 4.07. The number of rotatable bonds is 6. The molecule has 3 N–H and O–H groups in total. The maximum absolute atomic E-state index is 13.6. The van der Waals surface area contributed by atoms with E-state index in [1.165, 1.54) is 12.1 Å². The number of hydrogen-bond acceptors (Lipinski definition) is 4. The van der Waals surface area contributed by atoms with Gasteiger partial charge in [-0.3, -0.25) is 0 Å². The van der Waals surface area contributed by atoms with Gasteiger partial charge in [-0.05, 0) is 26.2 Å². The van der Waals surface area contributed by atoms with Gasteiger partial charge in [0.1, 0.15) is 10.8 Å². The number of benzene rings is 1. The van der Waals surface area contributed by atoms with Crippen molar-refractivity contribution in [1.29, 1.82) is 0 Å². The number of hydrogen-bond donors (Lipinski definition) is 2. The van der Waals surface area contributed by atoms with Crippen molar-refractivity contribution in [2.24, 2.45) is 5.73 Å². The summed E-state index contributed by atoms with van der Waals surface area (Å²) >= 11 is 4.70. The minimum Gasteiger partial charge on any atom is -0.389 e. The Morgan fingerprint density at radius 1 is 1.47 bits per heavy atom. The summed E-state index contributed by atoms with van der Waals surface area (Å²) in [5.41, 5.74) is 5.13. The van der Waals surface area contributed by atoms with E-state index in [-0.39, 0.29) is 22.0 Å². The van der Waals surface area contributed by atoms with Gasteiger partial charge >= 0.3 is 0 Å². The summed E-state index contributed by atoms with van der Waals surface area (Å²) < 4.78 is 40.2. The van der Waals surface area contributed by atoms with Crippen LogP contribution in [0, 0.1) is 5.82 Å². The molecule has 0 saturated heterocycles. The number of nitrogens with zero attached hydrogens (tertiary/aromatic N) is 1. The molecule has 5 nitrogen and oxygen atoms in total. The van der Waals surface area contributed by atoms with Crippen molar-refractivity contribution in [3.8, 4) is 0 Å². The molecule has 0 unspecified atom stereocenters. The summed E-state index contributed by atoms with van der Waals surface area (Å²) in [5.74, 6) is -0.747. The molecule has 8 heteroatoms. The van der Waals surface area contributed by atoms with Crippen LogP contribution >= 0.6 is 12.2 Å². The molecule has 0 amide bonds. The number of nitrogens with two attached hydrogens (primary N) is 1. The average molecular weight is 305 g/mol. The highest BCUT2D eigenvalue weighted by molar-refractivity contribution is 7.89. The first-order chi connectivity index (χ1) is 8.75. The molecule has 1 aromatic rings. The molecule has 0 aliphatic heterocycles. The van der Waals surface area contributed by atoms with Crippen LogP contribution in [0.5, 0.6) is 0 Å². The second-order valence-electron chi connectivity index (χ2n) is 4.18. The van der Waals surface area contributed by atoms with Gasteiger partial charge in [0.15, 0.2) is 0 Å². The maximum Gasteiger partial charge on any atom is 0.241 e. The number of halogens is 1. The topological polar surface area (TPSA) is 75.4 Å². The zero-order valence-corrected chi connectivity index (χ0v) is 12.3. The normalized spacial score (nSPS) is 11.8. The summed E-state index contributed by atoms with van der Waals surface area (Å²) in [7, 11) is -0.206. The molecule has 0 bridgehead atoms. The van der Waals surface area contributed by atoms with E-state index >= 15 is 0 Å². The monoisotopic (exact) mass is 305 g/mol. The molecule has 0 spiro atoms. The molecular weight excluding hydrogens is 289 g/mol. The van der Waals surface area contributed by atoms with Crippen LogP contribution in [0.2, 0.25) is 0 Å². The molecule has 0 aliphatic rings. The van der Waals surface area contributed by atoms with Crippen LogP contribution in [0.1, 0.15) is 5.56 Å². The number of thiocarbonyl (C=S) groups is 1. The first-order valence-corrected chi connectivity index (χ1v) is 7.37. The molecule has 0 saturated carbocycles. The van der Waals surface area contributed by atoms with E-state index in [0.29, 0.717) is 6.54 Å². The van der Waals surface area contributed by atoms with Gasteiger partial charge < -0.3 is 10.6 Å². The van der Waals surface area contributed by atoms with E-state index in [1.807, 2.05) is 19.0 Å². The van der Waals surface area contributed by atoms with E-state index in [4.69, 9.17) is 18.0 Å². The predicted molar refractivity (Wildman–Crippen MR) is 76.0 cm³/mol. The molecular formula is C11H16FN3O2S2. The molecule has 19 heavy (non-hydrogen) atoms. The van der Waals surface area contributed by atoms with Crippen molar-refractivity contribution in [1.82, 2.24) is 9.62 Å². The Labute approximate surface area is 117 Å². The molecule has 0 aliphatic carbocycles. The zero-order chi connectivity index (χ0) is 14.6. The number of likely N-dealkylation sites (N-methyl/N-ethyl adjacent to an activating group) is 1. The SMILES string of the molecule is CN(C)CCNS(=O)(=O)c1cccc(F)c1C(N)=S. The van der Waals surface area contributed by atoms with Gasteiger partial charge in [-0.15, -0.1) is 0 Å². The predicted octanol–water partition coefficient (Wildman–Crippen LogP) is 0.300. The summed E-state index contributed by atoms with van der Waals surface area (Å²) in [6.45, 7) is 0.736. The lowest BCUT2D eigenvalue weighted by Gasteiger charge is -2.13. The highest BCUT2D eigenvalue weighted by atomic mass is 32.2. The van der Waals surface area contributed by atoms with E-state index < -0.39 is 15.8 Å². The largest absolute Gasteiger partial charge is 0.389 e. The summed E-state index contributed by atoms with van der Waals surface area (Å²) in [4.78, 5) is 1.30. The van der Waals surface area contributed by atoms with Gasteiger partial charge in [0.2, 0.25) is 10.0 Å². The lowest BCUT2D eigenvalue weighted by atomic mass is 10.2. The average Bonchev–Trinajstić information content (AvgIpc) is 2.27. The fraction of sp³-hybridized carbons (Fsp3) is 0.364. The van der Waals surface area contributed by atoms with Crippen molar-refractivity contribution in [3.05, 3.63) is 29.6 Å². The van der Waals surface area contributed by atoms with Gasteiger partial charge in [0.05, 0.1) is 10.5 Å². The molecule has 0 fully saturated rings. The molecule has 0 aromatic heterocycles. The van der Waals surface area contributed by atoms with Gasteiger partial charge in [-0.2, -0.15) is 0 Å². The van der Waals surface area contributed by atoms with Gasteiger partial charge in [0, 0.05) is 13.1 Å². The zero-order valence-electron chi connectivity index (χ0n) is 10.7. The lowest BCUT2D eigenvalue weighted by molar-refractivity contribution is 0.412. The van der Waals surface area contributed by atoms with Crippen LogP contribution in [-0.2, 0) is 10.0 Å². The fourth-order valence-electron chi connectivity index (χ4n) is 1.45. The Balaban J connectivity index is 3.08. The quantitative estimate of drug-likeness (QED) is 0.739. The van der Waals surface area contributed by atoms with Gasteiger partial charge in [0.25, 0.3) is 0 Å². The first kappa shape index (κ1) is 16.0. The second kappa shape index (κ2) is 6.38. The van der Waals surface area contributed by atoms with Crippen LogP contribution < -0.4 is 10.5 Å².